The highest BCUT2D eigenvalue weighted by Crippen LogP contribution is 2.34. The molecule has 17 heavy (non-hydrogen) atoms. The second kappa shape index (κ2) is 5.06. The van der Waals surface area contributed by atoms with E-state index in [0.717, 1.165) is 28.9 Å². The number of hydrogen-bond acceptors (Lipinski definition) is 3. The summed E-state index contributed by atoms with van der Waals surface area (Å²) in [5.41, 5.74) is 7.63. The Morgan fingerprint density at radius 2 is 2.18 bits per heavy atom. The average Bonchev–Trinajstić information content (AvgIpc) is 2.42. The van der Waals surface area contributed by atoms with Crippen LogP contribution in [-0.4, -0.2) is 32.6 Å². The van der Waals surface area contributed by atoms with Crippen LogP contribution >= 0.6 is 15.9 Å². The fraction of sp³-hybridized carbons (Fsp3) is 0.417. The van der Waals surface area contributed by atoms with Crippen LogP contribution in [0, 0.1) is 0 Å². The molecule has 2 N–H and O–H groups in total. The van der Waals surface area contributed by atoms with Crippen molar-refractivity contribution in [1.82, 2.24) is 0 Å². The summed E-state index contributed by atoms with van der Waals surface area (Å²) in [6.07, 6.45) is 0.531. The molecule has 1 aliphatic heterocycles. The van der Waals surface area contributed by atoms with E-state index in [1.165, 1.54) is 0 Å². The Labute approximate surface area is 110 Å². The van der Waals surface area contributed by atoms with Gasteiger partial charge in [0.15, 0.2) is 0 Å². The van der Waals surface area contributed by atoms with E-state index >= 15 is 0 Å². The molecule has 0 aliphatic carbocycles. The first-order valence-electron chi connectivity index (χ1n) is 5.64. The zero-order chi connectivity index (χ0) is 12.4. The summed E-state index contributed by atoms with van der Waals surface area (Å²) < 4.78 is 0.977. The van der Waals surface area contributed by atoms with Crippen molar-refractivity contribution in [2.75, 3.05) is 36.5 Å². The molecule has 5 heteroatoms. The number of halogens is 1. The molecule has 2 rings (SSSR count). The fourth-order valence-electron chi connectivity index (χ4n) is 2.07. The van der Waals surface area contributed by atoms with Crippen molar-refractivity contribution in [2.45, 2.75) is 6.42 Å². The van der Waals surface area contributed by atoms with Crippen molar-refractivity contribution >= 4 is 33.2 Å². The first kappa shape index (κ1) is 12.4. The zero-order valence-electron chi connectivity index (χ0n) is 9.82. The first-order chi connectivity index (χ1) is 8.13. The van der Waals surface area contributed by atoms with E-state index in [0.29, 0.717) is 13.0 Å². The molecule has 0 unspecified atom stereocenters. The van der Waals surface area contributed by atoms with Gasteiger partial charge >= 0.3 is 0 Å². The van der Waals surface area contributed by atoms with Gasteiger partial charge in [0, 0.05) is 37.6 Å². The zero-order valence-corrected chi connectivity index (χ0v) is 11.4. The second-order valence-electron chi connectivity index (χ2n) is 4.11. The summed E-state index contributed by atoms with van der Waals surface area (Å²) in [6.45, 7) is 2.10. The third-order valence-corrected chi connectivity index (χ3v) is 3.50. The molecule has 1 aromatic rings. The summed E-state index contributed by atoms with van der Waals surface area (Å²) in [5.74, 6) is 0.142. The summed E-state index contributed by atoms with van der Waals surface area (Å²) in [5, 5.41) is 0. The average molecular weight is 298 g/mol. The van der Waals surface area contributed by atoms with Gasteiger partial charge in [-0.15, -0.1) is 0 Å². The highest BCUT2D eigenvalue weighted by atomic mass is 79.9. The molecule has 0 fully saturated rings. The normalized spacial score (nSPS) is 15.8. The Morgan fingerprint density at radius 3 is 2.88 bits per heavy atom. The van der Waals surface area contributed by atoms with Crippen molar-refractivity contribution in [2.24, 2.45) is 5.73 Å². The van der Waals surface area contributed by atoms with Gasteiger partial charge in [-0.2, -0.15) is 0 Å². The van der Waals surface area contributed by atoms with Crippen molar-refractivity contribution in [1.29, 1.82) is 0 Å². The highest BCUT2D eigenvalue weighted by molar-refractivity contribution is 9.10. The topological polar surface area (TPSA) is 49.6 Å². The van der Waals surface area contributed by atoms with Crippen LogP contribution in [0.3, 0.4) is 0 Å². The monoisotopic (exact) mass is 297 g/mol. The van der Waals surface area contributed by atoms with Gasteiger partial charge in [0.1, 0.15) is 0 Å². The summed E-state index contributed by atoms with van der Waals surface area (Å²) >= 11 is 3.44. The Kier molecular flexibility index (Phi) is 3.69. The lowest BCUT2D eigenvalue weighted by atomic mass is 10.2. The second-order valence-corrected chi connectivity index (χ2v) is 5.03. The van der Waals surface area contributed by atoms with E-state index in [1.54, 1.807) is 4.90 Å². The van der Waals surface area contributed by atoms with E-state index in [2.05, 4.69) is 20.8 Å². The predicted molar refractivity (Wildman–Crippen MR) is 73.4 cm³/mol. The minimum Gasteiger partial charge on any atom is -0.368 e. The van der Waals surface area contributed by atoms with Crippen LogP contribution in [-0.2, 0) is 4.79 Å². The van der Waals surface area contributed by atoms with Crippen LogP contribution in [0.15, 0.2) is 22.7 Å². The lowest BCUT2D eigenvalue weighted by Gasteiger charge is -2.24. The van der Waals surface area contributed by atoms with Crippen LogP contribution in [0.2, 0.25) is 0 Å². The first-order valence-corrected chi connectivity index (χ1v) is 6.44. The molecule has 0 aromatic heterocycles. The molecular formula is C12H16BrN3O. The molecule has 92 valence electrons. The summed E-state index contributed by atoms with van der Waals surface area (Å²) in [7, 11) is 1.82. The number of carbonyl (C=O) groups excluding carboxylic acids is 1. The Hall–Kier alpha value is -1.07. The molecule has 1 aromatic carbocycles. The maximum Gasteiger partial charge on any atom is 0.228 e. The third kappa shape index (κ3) is 2.45. The van der Waals surface area contributed by atoms with Crippen LogP contribution < -0.4 is 15.5 Å². The number of anilines is 2. The lowest BCUT2D eigenvalue weighted by Crippen LogP contribution is -2.30. The molecule has 0 atom stereocenters. The van der Waals surface area contributed by atoms with Gasteiger partial charge in [-0.1, -0.05) is 15.9 Å². The minimum absolute atomic E-state index is 0.142. The Balaban J connectivity index is 2.46. The largest absolute Gasteiger partial charge is 0.368 e. The molecule has 0 spiro atoms. The van der Waals surface area contributed by atoms with Gasteiger partial charge in [-0.05, 0) is 18.2 Å². The number of amides is 1. The third-order valence-electron chi connectivity index (χ3n) is 3.01. The van der Waals surface area contributed by atoms with Gasteiger partial charge in [-0.3, -0.25) is 4.79 Å². The number of hydrogen-bond donors (Lipinski definition) is 1. The van der Waals surface area contributed by atoms with Gasteiger partial charge in [-0.25, -0.2) is 0 Å². The maximum absolute atomic E-state index is 11.9. The smallest absolute Gasteiger partial charge is 0.228 e. The van der Waals surface area contributed by atoms with Crippen molar-refractivity contribution in [3.8, 4) is 0 Å². The van der Waals surface area contributed by atoms with Crippen molar-refractivity contribution < 1.29 is 4.79 Å². The SMILES string of the molecule is CN1C(=O)CCN(CCN)c2ccc(Br)cc21. The predicted octanol–water partition coefficient (Wildman–Crippen LogP) is 1.58. The molecule has 4 nitrogen and oxygen atoms in total. The molecule has 1 amide bonds. The van der Waals surface area contributed by atoms with E-state index in [-0.39, 0.29) is 5.91 Å². The molecule has 1 aliphatic rings. The number of fused-ring (bicyclic) bond motifs is 1. The quantitative estimate of drug-likeness (QED) is 0.902. The summed E-state index contributed by atoms with van der Waals surface area (Å²) in [4.78, 5) is 15.8. The molecule has 0 radical (unpaired) electrons. The number of rotatable bonds is 2. The summed E-state index contributed by atoms with van der Waals surface area (Å²) in [6, 6.07) is 6.00. The lowest BCUT2D eigenvalue weighted by molar-refractivity contribution is -0.118. The van der Waals surface area contributed by atoms with Crippen LogP contribution in [0.1, 0.15) is 6.42 Å². The highest BCUT2D eigenvalue weighted by Gasteiger charge is 2.23. The van der Waals surface area contributed by atoms with Crippen LogP contribution in [0.25, 0.3) is 0 Å². The minimum atomic E-state index is 0.142. The number of nitrogens with zero attached hydrogens (tertiary/aromatic N) is 2. The molecule has 0 saturated heterocycles. The Bertz CT molecular complexity index is 436. The molecule has 1 heterocycles. The van der Waals surface area contributed by atoms with E-state index in [4.69, 9.17) is 5.73 Å². The van der Waals surface area contributed by atoms with Gasteiger partial charge < -0.3 is 15.5 Å². The molecule has 0 bridgehead atoms. The van der Waals surface area contributed by atoms with E-state index in [9.17, 15) is 4.79 Å². The van der Waals surface area contributed by atoms with Crippen LogP contribution in [0.4, 0.5) is 11.4 Å². The number of nitrogens with two attached hydrogens (primary N) is 1. The van der Waals surface area contributed by atoms with E-state index < -0.39 is 0 Å². The van der Waals surface area contributed by atoms with Gasteiger partial charge in [0.2, 0.25) is 5.91 Å². The Morgan fingerprint density at radius 1 is 1.41 bits per heavy atom. The van der Waals surface area contributed by atoms with Gasteiger partial charge in [0.25, 0.3) is 0 Å². The van der Waals surface area contributed by atoms with Gasteiger partial charge in [0.05, 0.1) is 11.4 Å². The van der Waals surface area contributed by atoms with Crippen molar-refractivity contribution in [3.63, 3.8) is 0 Å². The maximum atomic E-state index is 11.9. The standard InChI is InChI=1S/C12H16BrN3O/c1-15-11-8-9(13)2-3-10(11)16(7-5-14)6-4-12(15)17/h2-3,8H,4-7,14H2,1H3. The molecular weight excluding hydrogens is 282 g/mol. The van der Waals surface area contributed by atoms with Crippen molar-refractivity contribution in [3.05, 3.63) is 22.7 Å². The number of benzene rings is 1. The molecule has 0 saturated carbocycles. The number of carbonyl (C=O) groups is 1. The van der Waals surface area contributed by atoms with E-state index in [1.807, 2.05) is 25.2 Å². The van der Waals surface area contributed by atoms with Crippen LogP contribution in [0.5, 0.6) is 0 Å². The fourth-order valence-corrected chi connectivity index (χ4v) is 2.42.